The molecule has 3 aliphatic rings. The first-order valence-corrected chi connectivity index (χ1v) is 15.0. The quantitative estimate of drug-likeness (QED) is 0.270. The van der Waals surface area contributed by atoms with Gasteiger partial charge in [0.15, 0.2) is 5.54 Å². The maximum atomic E-state index is 14.4. The van der Waals surface area contributed by atoms with E-state index in [1.807, 2.05) is 6.92 Å². The lowest BCUT2D eigenvalue weighted by Crippen LogP contribution is -2.52. The second-order valence-electron chi connectivity index (χ2n) is 10.1. The molecule has 0 aromatic heterocycles. The number of amides is 2. The van der Waals surface area contributed by atoms with Crippen LogP contribution in [0.1, 0.15) is 30.9 Å². The summed E-state index contributed by atoms with van der Waals surface area (Å²) in [5.41, 5.74) is -1.38. The molecule has 5 rings (SSSR count). The van der Waals surface area contributed by atoms with Gasteiger partial charge < -0.3 is 24.4 Å². The molecule has 0 aliphatic carbocycles. The van der Waals surface area contributed by atoms with Crippen molar-refractivity contribution in [1.82, 2.24) is 9.21 Å². The molecule has 3 aliphatic heterocycles. The fourth-order valence-corrected chi connectivity index (χ4v) is 7.23. The zero-order valence-electron chi connectivity index (χ0n) is 23.0. The number of aliphatic hydroxyl groups excluding tert-OH is 1. The van der Waals surface area contributed by atoms with Crippen molar-refractivity contribution in [3.05, 3.63) is 65.2 Å². The van der Waals surface area contributed by atoms with Crippen LogP contribution in [0, 0.1) is 0 Å². The number of hydrogen-bond donors (Lipinski definition) is 1. The number of anilines is 1. The Hall–Kier alpha value is -3.58. The number of fused-ring (bicyclic) bond motifs is 2. The molecule has 12 heteroatoms. The second kappa shape index (κ2) is 11.4. The smallest absolute Gasteiger partial charge is 0.296 e. The van der Waals surface area contributed by atoms with Crippen LogP contribution in [0.2, 0.25) is 0 Å². The van der Waals surface area contributed by atoms with E-state index in [9.17, 15) is 27.9 Å². The number of sulfonamides is 1. The highest BCUT2D eigenvalue weighted by atomic mass is 32.2. The van der Waals surface area contributed by atoms with Gasteiger partial charge in [-0.05, 0) is 24.6 Å². The molecule has 0 radical (unpaired) electrons. The summed E-state index contributed by atoms with van der Waals surface area (Å²) in [4.78, 5) is 44.3. The highest BCUT2D eigenvalue weighted by Crippen LogP contribution is 2.53. The first-order valence-electron chi connectivity index (χ1n) is 13.6. The Bertz CT molecular complexity index is 1520. The molecule has 218 valence electrons. The van der Waals surface area contributed by atoms with Gasteiger partial charge in [0.25, 0.3) is 17.6 Å². The van der Waals surface area contributed by atoms with Gasteiger partial charge in [0.05, 0.1) is 36.0 Å². The van der Waals surface area contributed by atoms with Crippen LogP contribution in [-0.4, -0.2) is 93.4 Å². The molecule has 1 spiro atoms. The molecule has 1 atom stereocenters. The fourth-order valence-electron chi connectivity index (χ4n) is 5.77. The molecule has 2 amide bonds. The van der Waals surface area contributed by atoms with Crippen LogP contribution in [0.3, 0.4) is 0 Å². The van der Waals surface area contributed by atoms with Crippen molar-refractivity contribution in [3.63, 3.8) is 0 Å². The maximum Gasteiger partial charge on any atom is 0.296 e. The van der Waals surface area contributed by atoms with E-state index < -0.39 is 44.5 Å². The predicted molar refractivity (Wildman–Crippen MR) is 150 cm³/mol. The Balaban J connectivity index is 1.71. The molecule has 2 aromatic carbocycles. The van der Waals surface area contributed by atoms with E-state index in [-0.39, 0.29) is 49.9 Å². The summed E-state index contributed by atoms with van der Waals surface area (Å²) in [6.07, 6.45) is 1.49. The Morgan fingerprint density at radius 2 is 1.78 bits per heavy atom. The summed E-state index contributed by atoms with van der Waals surface area (Å²) in [7, 11) is -2.48. The summed E-state index contributed by atoms with van der Waals surface area (Å²) in [6.45, 7) is 3.21. The zero-order chi connectivity index (χ0) is 29.4. The van der Waals surface area contributed by atoms with E-state index in [1.165, 1.54) is 40.6 Å². The first-order chi connectivity index (χ1) is 19.7. The SMILES string of the molecule is CCCCN1C(=O)C2(/C(=C(/O)c3cccc(S(=O)(=O)N4CCOCC4)c3)C(=O)C(=O)N2CCOC)c2ccccc21. The number of carbonyl (C=O) groups is 3. The third kappa shape index (κ3) is 4.55. The number of ether oxygens (including phenoxy) is 2. The van der Waals surface area contributed by atoms with Crippen LogP contribution in [-0.2, 0) is 39.4 Å². The van der Waals surface area contributed by atoms with Gasteiger partial charge in [0, 0.05) is 44.4 Å². The minimum Gasteiger partial charge on any atom is -0.507 e. The van der Waals surface area contributed by atoms with Crippen LogP contribution in [0.5, 0.6) is 0 Å². The molecule has 2 fully saturated rings. The van der Waals surface area contributed by atoms with E-state index in [1.54, 1.807) is 29.2 Å². The second-order valence-corrected chi connectivity index (χ2v) is 12.0. The van der Waals surface area contributed by atoms with Gasteiger partial charge in [0.2, 0.25) is 10.0 Å². The normalized spacial score (nSPS) is 22.6. The Morgan fingerprint density at radius 3 is 2.49 bits per heavy atom. The number of methoxy groups -OCH3 is 1. The molecule has 11 nitrogen and oxygen atoms in total. The van der Waals surface area contributed by atoms with Gasteiger partial charge in [-0.1, -0.05) is 43.7 Å². The van der Waals surface area contributed by atoms with Crippen LogP contribution in [0.15, 0.2) is 59.0 Å². The lowest BCUT2D eigenvalue weighted by atomic mass is 9.82. The molecule has 1 N–H and O–H groups in total. The summed E-state index contributed by atoms with van der Waals surface area (Å²) in [5.74, 6) is -3.12. The van der Waals surface area contributed by atoms with Crippen molar-refractivity contribution in [2.24, 2.45) is 0 Å². The minimum atomic E-state index is -3.93. The summed E-state index contributed by atoms with van der Waals surface area (Å²) in [5, 5.41) is 11.7. The highest BCUT2D eigenvalue weighted by molar-refractivity contribution is 7.89. The Morgan fingerprint density at radius 1 is 1.05 bits per heavy atom. The number of para-hydroxylation sites is 1. The van der Waals surface area contributed by atoms with Crippen LogP contribution in [0.25, 0.3) is 5.76 Å². The number of hydrogen-bond acceptors (Lipinski definition) is 8. The molecule has 0 bridgehead atoms. The molecule has 0 saturated carbocycles. The van der Waals surface area contributed by atoms with E-state index in [2.05, 4.69) is 0 Å². The van der Waals surface area contributed by atoms with Gasteiger partial charge in [-0.2, -0.15) is 4.31 Å². The van der Waals surface area contributed by atoms with Crippen molar-refractivity contribution < 1.29 is 37.4 Å². The molecule has 2 aromatic rings. The van der Waals surface area contributed by atoms with Crippen molar-refractivity contribution in [1.29, 1.82) is 0 Å². The number of likely N-dealkylation sites (tertiary alicyclic amines) is 1. The van der Waals surface area contributed by atoms with Crippen molar-refractivity contribution >= 4 is 39.1 Å². The lowest BCUT2D eigenvalue weighted by Gasteiger charge is -2.34. The average molecular weight is 584 g/mol. The minimum absolute atomic E-state index is 0.000685. The standard InChI is InChI=1S/C29H33N3O8S/c1-3-4-12-31-23-11-6-5-10-22(23)29(28(31)36)24(26(34)27(35)32(29)15-16-39-2)25(33)20-8-7-9-21(19-20)41(37,38)30-13-17-40-18-14-30/h5-11,19,33H,3-4,12-18H2,1-2H3/b25-24+. The fraction of sp³-hybridized carbons (Fsp3) is 0.414. The van der Waals surface area contributed by atoms with Crippen LogP contribution < -0.4 is 4.90 Å². The van der Waals surface area contributed by atoms with E-state index >= 15 is 0 Å². The number of nitrogens with zero attached hydrogens (tertiary/aromatic N) is 3. The first kappa shape index (κ1) is 28.9. The van der Waals surface area contributed by atoms with Gasteiger partial charge >= 0.3 is 0 Å². The van der Waals surface area contributed by atoms with Crippen LogP contribution in [0.4, 0.5) is 5.69 Å². The number of morpholine rings is 1. The maximum absolute atomic E-state index is 14.4. The monoisotopic (exact) mass is 583 g/mol. The average Bonchev–Trinajstić information content (AvgIpc) is 3.37. The van der Waals surface area contributed by atoms with Gasteiger partial charge in [-0.25, -0.2) is 8.42 Å². The number of benzene rings is 2. The molecule has 1 unspecified atom stereocenters. The number of ketones is 1. The van der Waals surface area contributed by atoms with Crippen molar-refractivity contribution in [2.45, 2.75) is 30.2 Å². The summed E-state index contributed by atoms with van der Waals surface area (Å²) in [6, 6.07) is 12.5. The number of rotatable bonds is 9. The Labute approximate surface area is 239 Å². The largest absolute Gasteiger partial charge is 0.507 e. The molecule has 2 saturated heterocycles. The molecular formula is C29H33N3O8S. The highest BCUT2D eigenvalue weighted by Gasteiger charge is 2.67. The third-order valence-electron chi connectivity index (χ3n) is 7.78. The lowest BCUT2D eigenvalue weighted by molar-refractivity contribution is -0.144. The van der Waals surface area contributed by atoms with Crippen molar-refractivity contribution in [3.8, 4) is 0 Å². The molecular weight excluding hydrogens is 550 g/mol. The Kier molecular flexibility index (Phi) is 8.02. The number of aliphatic hydroxyl groups is 1. The molecule has 41 heavy (non-hydrogen) atoms. The van der Waals surface area contributed by atoms with E-state index in [4.69, 9.17) is 9.47 Å². The summed E-state index contributed by atoms with van der Waals surface area (Å²) < 4.78 is 38.5. The predicted octanol–water partition coefficient (Wildman–Crippen LogP) is 2.08. The summed E-state index contributed by atoms with van der Waals surface area (Å²) >= 11 is 0. The topological polar surface area (TPSA) is 134 Å². The van der Waals surface area contributed by atoms with Gasteiger partial charge in [0.1, 0.15) is 5.76 Å². The number of Topliss-reactive ketones (excluding diaryl/α,β-unsaturated/α-hetero) is 1. The molecule has 3 heterocycles. The van der Waals surface area contributed by atoms with Crippen LogP contribution >= 0.6 is 0 Å². The van der Waals surface area contributed by atoms with E-state index in [0.29, 0.717) is 24.2 Å². The number of carbonyl (C=O) groups excluding carboxylic acids is 3. The van der Waals surface area contributed by atoms with Gasteiger partial charge in [-0.3, -0.25) is 14.4 Å². The van der Waals surface area contributed by atoms with Gasteiger partial charge in [-0.15, -0.1) is 0 Å². The van der Waals surface area contributed by atoms with E-state index in [0.717, 1.165) is 6.42 Å². The number of unbranched alkanes of at least 4 members (excludes halogenated alkanes) is 1. The zero-order valence-corrected chi connectivity index (χ0v) is 23.9. The third-order valence-corrected chi connectivity index (χ3v) is 9.67. The van der Waals surface area contributed by atoms with Crippen molar-refractivity contribution in [2.75, 3.05) is 58.0 Å².